The molecule has 15 heavy (non-hydrogen) atoms. The SMILES string of the molecule is O=C(O)c1nccnc1-n1cn[nH]c1=O. The lowest BCUT2D eigenvalue weighted by molar-refractivity contribution is 0.0690. The minimum absolute atomic E-state index is 0.0660. The van der Waals surface area contributed by atoms with Crippen molar-refractivity contribution in [3.05, 3.63) is 34.9 Å². The van der Waals surface area contributed by atoms with Crippen molar-refractivity contribution < 1.29 is 9.90 Å². The average molecular weight is 207 g/mol. The monoisotopic (exact) mass is 207 g/mol. The number of carbonyl (C=O) groups is 1. The first-order valence-corrected chi connectivity index (χ1v) is 3.87. The Bertz CT molecular complexity index is 558. The summed E-state index contributed by atoms with van der Waals surface area (Å²) in [6, 6.07) is 0. The average Bonchev–Trinajstić information content (AvgIpc) is 2.64. The van der Waals surface area contributed by atoms with Crippen LogP contribution in [0.25, 0.3) is 5.82 Å². The van der Waals surface area contributed by atoms with Crippen molar-refractivity contribution in [2.45, 2.75) is 0 Å². The number of nitrogens with zero attached hydrogens (tertiary/aromatic N) is 4. The van der Waals surface area contributed by atoms with Crippen molar-refractivity contribution >= 4 is 5.97 Å². The van der Waals surface area contributed by atoms with Crippen LogP contribution < -0.4 is 5.69 Å². The Labute approximate surface area is 82.2 Å². The molecule has 0 bridgehead atoms. The molecule has 0 fully saturated rings. The number of rotatable bonds is 2. The molecule has 0 amide bonds. The van der Waals surface area contributed by atoms with Crippen LogP contribution in [0.1, 0.15) is 10.5 Å². The van der Waals surface area contributed by atoms with Crippen molar-refractivity contribution in [1.29, 1.82) is 0 Å². The predicted molar refractivity (Wildman–Crippen MR) is 46.7 cm³/mol. The molecule has 0 aromatic carbocycles. The zero-order valence-electron chi connectivity index (χ0n) is 7.28. The van der Waals surface area contributed by atoms with Gasteiger partial charge in [0.25, 0.3) is 0 Å². The first kappa shape index (κ1) is 9.06. The summed E-state index contributed by atoms with van der Waals surface area (Å²) in [4.78, 5) is 29.3. The zero-order chi connectivity index (χ0) is 10.8. The maximum atomic E-state index is 11.2. The number of hydrogen-bond acceptors (Lipinski definition) is 5. The Balaban J connectivity index is 2.68. The highest BCUT2D eigenvalue weighted by Gasteiger charge is 2.15. The van der Waals surface area contributed by atoms with E-state index >= 15 is 0 Å². The van der Waals surface area contributed by atoms with Crippen LogP contribution in [0.5, 0.6) is 0 Å². The van der Waals surface area contributed by atoms with E-state index in [1.807, 2.05) is 0 Å². The van der Waals surface area contributed by atoms with Crippen molar-refractivity contribution in [2.75, 3.05) is 0 Å². The molecule has 76 valence electrons. The molecule has 0 aliphatic heterocycles. The Morgan fingerprint density at radius 2 is 2.13 bits per heavy atom. The van der Waals surface area contributed by atoms with Gasteiger partial charge in [0.05, 0.1) is 0 Å². The highest BCUT2D eigenvalue weighted by atomic mass is 16.4. The van der Waals surface area contributed by atoms with E-state index in [4.69, 9.17) is 5.11 Å². The molecule has 2 rings (SSSR count). The Morgan fingerprint density at radius 3 is 2.73 bits per heavy atom. The first-order chi connectivity index (χ1) is 7.20. The third-order valence-electron chi connectivity index (χ3n) is 1.66. The van der Waals surface area contributed by atoms with E-state index in [0.29, 0.717) is 0 Å². The lowest BCUT2D eigenvalue weighted by Gasteiger charge is -2.01. The highest BCUT2D eigenvalue weighted by Crippen LogP contribution is 2.04. The number of aromatic nitrogens is 5. The molecule has 2 aromatic heterocycles. The van der Waals surface area contributed by atoms with E-state index < -0.39 is 11.7 Å². The van der Waals surface area contributed by atoms with Gasteiger partial charge in [-0.15, -0.1) is 0 Å². The maximum absolute atomic E-state index is 11.2. The largest absolute Gasteiger partial charge is 0.476 e. The van der Waals surface area contributed by atoms with Gasteiger partial charge in [-0.3, -0.25) is 0 Å². The van der Waals surface area contributed by atoms with Crippen molar-refractivity contribution in [1.82, 2.24) is 24.7 Å². The van der Waals surface area contributed by atoms with Crippen LogP contribution in [0, 0.1) is 0 Å². The molecule has 8 heteroatoms. The second-order valence-corrected chi connectivity index (χ2v) is 2.57. The molecular weight excluding hydrogens is 202 g/mol. The molecule has 0 atom stereocenters. The summed E-state index contributed by atoms with van der Waals surface area (Å²) in [6.45, 7) is 0. The molecule has 8 nitrogen and oxygen atoms in total. The molecule has 2 aromatic rings. The van der Waals surface area contributed by atoms with Crippen molar-refractivity contribution in [3.63, 3.8) is 0 Å². The summed E-state index contributed by atoms with van der Waals surface area (Å²) in [7, 11) is 0. The number of hydrogen-bond donors (Lipinski definition) is 2. The van der Waals surface area contributed by atoms with Crippen LogP contribution in [-0.2, 0) is 0 Å². The van der Waals surface area contributed by atoms with Crippen LogP contribution in [0.15, 0.2) is 23.5 Å². The third-order valence-corrected chi connectivity index (χ3v) is 1.66. The summed E-state index contributed by atoms with van der Waals surface area (Å²) in [5.74, 6) is -1.32. The number of nitrogens with one attached hydrogen (secondary N) is 1. The fourth-order valence-corrected chi connectivity index (χ4v) is 1.06. The number of carboxylic acid groups (broad SMARTS) is 1. The van der Waals surface area contributed by atoms with Gasteiger partial charge in [-0.25, -0.2) is 29.2 Å². The molecule has 0 radical (unpaired) electrons. The summed E-state index contributed by atoms with van der Waals surface area (Å²) in [6.07, 6.45) is 3.66. The van der Waals surface area contributed by atoms with E-state index in [1.54, 1.807) is 0 Å². The van der Waals surface area contributed by atoms with E-state index in [1.165, 1.54) is 12.4 Å². The third kappa shape index (κ3) is 1.47. The normalized spacial score (nSPS) is 10.1. The molecule has 0 spiro atoms. The second-order valence-electron chi connectivity index (χ2n) is 2.57. The number of aromatic carboxylic acids is 1. The standard InChI is InChI=1S/C7H5N5O3/c13-6(14)4-5(9-2-1-8-4)12-3-10-11-7(12)15/h1-3H,(H,11,15)(H,13,14). The quantitative estimate of drug-likeness (QED) is 0.656. The molecule has 0 aliphatic carbocycles. The van der Waals surface area contributed by atoms with Crippen molar-refractivity contribution in [3.8, 4) is 5.82 Å². The van der Waals surface area contributed by atoms with Gasteiger partial charge in [-0.05, 0) is 0 Å². The summed E-state index contributed by atoms with van der Waals surface area (Å²) in [5, 5.41) is 14.4. The predicted octanol–water partition coefficient (Wildman–Crippen LogP) is -0.951. The smallest absolute Gasteiger partial charge is 0.358 e. The molecule has 0 saturated carbocycles. The number of carboxylic acids is 1. The van der Waals surface area contributed by atoms with Crippen molar-refractivity contribution in [2.24, 2.45) is 0 Å². The van der Waals surface area contributed by atoms with Gasteiger partial charge in [-0.2, -0.15) is 5.10 Å². The number of H-pyrrole nitrogens is 1. The molecule has 0 unspecified atom stereocenters. The summed E-state index contributed by atoms with van der Waals surface area (Å²) < 4.78 is 0.969. The molecular formula is C7H5N5O3. The lowest BCUT2D eigenvalue weighted by atomic mass is 10.4. The van der Waals surface area contributed by atoms with Crippen LogP contribution in [-0.4, -0.2) is 35.8 Å². The van der Waals surface area contributed by atoms with Gasteiger partial charge in [0.15, 0.2) is 11.5 Å². The van der Waals surface area contributed by atoms with E-state index in [-0.39, 0.29) is 11.5 Å². The van der Waals surface area contributed by atoms with Gasteiger partial charge in [-0.1, -0.05) is 0 Å². The molecule has 0 saturated heterocycles. The van der Waals surface area contributed by atoms with Gasteiger partial charge in [0, 0.05) is 12.4 Å². The minimum atomic E-state index is -1.26. The van der Waals surface area contributed by atoms with E-state index in [0.717, 1.165) is 10.9 Å². The Hall–Kier alpha value is -2.51. The first-order valence-electron chi connectivity index (χ1n) is 3.87. The van der Waals surface area contributed by atoms with E-state index in [9.17, 15) is 9.59 Å². The van der Waals surface area contributed by atoms with Gasteiger partial charge in [0.2, 0.25) is 0 Å². The second kappa shape index (κ2) is 3.33. The van der Waals surface area contributed by atoms with E-state index in [2.05, 4.69) is 20.2 Å². The fourth-order valence-electron chi connectivity index (χ4n) is 1.06. The summed E-state index contributed by atoms with van der Waals surface area (Å²) >= 11 is 0. The van der Waals surface area contributed by atoms with Crippen LogP contribution in [0.3, 0.4) is 0 Å². The maximum Gasteiger partial charge on any atom is 0.358 e. The lowest BCUT2D eigenvalue weighted by Crippen LogP contribution is -2.19. The van der Waals surface area contributed by atoms with Gasteiger partial charge >= 0.3 is 11.7 Å². The number of aromatic amines is 1. The van der Waals surface area contributed by atoms with Crippen LogP contribution in [0.4, 0.5) is 0 Å². The zero-order valence-corrected chi connectivity index (χ0v) is 7.28. The topological polar surface area (TPSA) is 114 Å². The van der Waals surface area contributed by atoms with Gasteiger partial charge in [0.1, 0.15) is 6.33 Å². The van der Waals surface area contributed by atoms with Crippen LogP contribution >= 0.6 is 0 Å². The van der Waals surface area contributed by atoms with Crippen LogP contribution in [0.2, 0.25) is 0 Å². The minimum Gasteiger partial charge on any atom is -0.476 e. The Kier molecular flexibility index (Phi) is 2.01. The summed E-state index contributed by atoms with van der Waals surface area (Å²) in [5.41, 5.74) is -0.876. The molecule has 2 N–H and O–H groups in total. The molecule has 0 aliphatic rings. The fraction of sp³-hybridized carbons (Fsp3) is 0. The van der Waals surface area contributed by atoms with Gasteiger partial charge < -0.3 is 5.11 Å². The highest BCUT2D eigenvalue weighted by molar-refractivity contribution is 5.88. The Morgan fingerprint density at radius 1 is 1.40 bits per heavy atom. The molecule has 2 heterocycles.